The van der Waals surface area contributed by atoms with Gasteiger partial charge in [0.15, 0.2) is 0 Å². The quantitative estimate of drug-likeness (QED) is 0.736. The van der Waals surface area contributed by atoms with Crippen LogP contribution in [0.4, 0.5) is 4.79 Å². The molecule has 1 amide bonds. The molecule has 0 heterocycles. The van der Waals surface area contributed by atoms with Crippen molar-refractivity contribution in [2.45, 2.75) is 52.7 Å². The van der Waals surface area contributed by atoms with Crippen LogP contribution >= 0.6 is 0 Å². The van der Waals surface area contributed by atoms with Crippen molar-refractivity contribution in [1.29, 1.82) is 0 Å². The highest BCUT2D eigenvalue weighted by Gasteiger charge is 2.18. The average Bonchev–Trinajstić information content (AvgIpc) is 2.08. The Balaban J connectivity index is 3.72. The molecular formula is C12H26N2O2. The lowest BCUT2D eigenvalue weighted by molar-refractivity contribution is 0.0297. The van der Waals surface area contributed by atoms with Crippen LogP contribution in [0.5, 0.6) is 0 Å². The Morgan fingerprint density at radius 2 is 1.94 bits per heavy atom. The van der Waals surface area contributed by atoms with Gasteiger partial charge in [-0.25, -0.2) is 4.79 Å². The Kier molecular flexibility index (Phi) is 6.41. The Hall–Kier alpha value is -0.770. The van der Waals surface area contributed by atoms with Gasteiger partial charge >= 0.3 is 6.09 Å². The monoisotopic (exact) mass is 230 g/mol. The molecule has 16 heavy (non-hydrogen) atoms. The van der Waals surface area contributed by atoms with Crippen LogP contribution < -0.4 is 5.32 Å². The predicted molar refractivity (Wildman–Crippen MR) is 66.6 cm³/mol. The summed E-state index contributed by atoms with van der Waals surface area (Å²) >= 11 is 0. The molecule has 4 nitrogen and oxygen atoms in total. The lowest BCUT2D eigenvalue weighted by Crippen LogP contribution is -2.36. The Bertz CT molecular complexity index is 210. The van der Waals surface area contributed by atoms with Gasteiger partial charge in [0, 0.05) is 19.6 Å². The van der Waals surface area contributed by atoms with E-state index in [9.17, 15) is 4.79 Å². The van der Waals surface area contributed by atoms with Crippen LogP contribution in [-0.2, 0) is 4.74 Å². The Labute approximate surface area is 99.3 Å². The number of ether oxygens (including phenoxy) is 1. The average molecular weight is 230 g/mol. The summed E-state index contributed by atoms with van der Waals surface area (Å²) in [6, 6.07) is 0.492. The molecule has 0 aliphatic carbocycles. The van der Waals surface area contributed by atoms with E-state index in [2.05, 4.69) is 19.2 Å². The van der Waals surface area contributed by atoms with E-state index < -0.39 is 5.60 Å². The Morgan fingerprint density at radius 3 is 2.38 bits per heavy atom. The SMILES string of the molecule is CC(C)NCCCN(C)C(=O)OC(C)(C)C. The normalized spacial score (nSPS) is 11.7. The molecule has 0 unspecified atom stereocenters. The van der Waals surface area contributed by atoms with Crippen molar-refractivity contribution in [2.75, 3.05) is 20.1 Å². The summed E-state index contributed by atoms with van der Waals surface area (Å²) < 4.78 is 5.24. The van der Waals surface area contributed by atoms with Gasteiger partial charge in [0.1, 0.15) is 5.60 Å². The second kappa shape index (κ2) is 6.74. The van der Waals surface area contributed by atoms with E-state index in [1.165, 1.54) is 0 Å². The molecule has 0 aromatic heterocycles. The second-order valence-electron chi connectivity index (χ2n) is 5.36. The van der Waals surface area contributed by atoms with Crippen molar-refractivity contribution in [3.05, 3.63) is 0 Å². The third kappa shape index (κ3) is 8.53. The van der Waals surface area contributed by atoms with Crippen molar-refractivity contribution in [2.24, 2.45) is 0 Å². The van der Waals surface area contributed by atoms with Crippen molar-refractivity contribution in [1.82, 2.24) is 10.2 Å². The highest BCUT2D eigenvalue weighted by molar-refractivity contribution is 5.67. The first-order chi connectivity index (χ1) is 7.22. The molecular weight excluding hydrogens is 204 g/mol. The van der Waals surface area contributed by atoms with Crippen molar-refractivity contribution in [3.8, 4) is 0 Å². The minimum absolute atomic E-state index is 0.253. The molecule has 0 aliphatic rings. The smallest absolute Gasteiger partial charge is 0.410 e. The van der Waals surface area contributed by atoms with Gasteiger partial charge < -0.3 is 15.0 Å². The first-order valence-electron chi connectivity index (χ1n) is 5.90. The zero-order valence-electron chi connectivity index (χ0n) is 11.5. The van der Waals surface area contributed by atoms with Crippen LogP contribution in [0.15, 0.2) is 0 Å². The lowest BCUT2D eigenvalue weighted by atomic mass is 10.2. The van der Waals surface area contributed by atoms with Gasteiger partial charge in [0.05, 0.1) is 0 Å². The Morgan fingerprint density at radius 1 is 1.38 bits per heavy atom. The van der Waals surface area contributed by atoms with Crippen LogP contribution in [-0.4, -0.2) is 42.8 Å². The van der Waals surface area contributed by atoms with Gasteiger partial charge in [-0.2, -0.15) is 0 Å². The van der Waals surface area contributed by atoms with E-state index in [-0.39, 0.29) is 6.09 Å². The fraction of sp³-hybridized carbons (Fsp3) is 0.917. The maximum atomic E-state index is 11.6. The summed E-state index contributed by atoms with van der Waals surface area (Å²) in [6.07, 6.45) is 0.686. The van der Waals surface area contributed by atoms with Crippen LogP contribution in [0.2, 0.25) is 0 Å². The van der Waals surface area contributed by atoms with Crippen molar-refractivity contribution in [3.63, 3.8) is 0 Å². The molecule has 0 saturated carbocycles. The van der Waals surface area contributed by atoms with E-state index in [1.54, 1.807) is 11.9 Å². The first kappa shape index (κ1) is 15.2. The number of hydrogen-bond donors (Lipinski definition) is 1. The zero-order valence-corrected chi connectivity index (χ0v) is 11.5. The fourth-order valence-electron chi connectivity index (χ4n) is 1.14. The minimum Gasteiger partial charge on any atom is -0.444 e. The van der Waals surface area contributed by atoms with Crippen LogP contribution in [0.1, 0.15) is 41.0 Å². The number of hydrogen-bond acceptors (Lipinski definition) is 3. The molecule has 96 valence electrons. The van der Waals surface area contributed by atoms with Crippen LogP contribution in [0.3, 0.4) is 0 Å². The van der Waals surface area contributed by atoms with E-state index >= 15 is 0 Å². The zero-order chi connectivity index (χ0) is 12.8. The number of amides is 1. The van der Waals surface area contributed by atoms with E-state index in [0.717, 1.165) is 13.0 Å². The first-order valence-corrected chi connectivity index (χ1v) is 5.90. The van der Waals surface area contributed by atoms with Gasteiger partial charge in [-0.1, -0.05) is 13.8 Å². The number of carbonyl (C=O) groups is 1. The maximum Gasteiger partial charge on any atom is 0.410 e. The van der Waals surface area contributed by atoms with E-state index in [0.29, 0.717) is 12.6 Å². The molecule has 1 N–H and O–H groups in total. The molecule has 0 atom stereocenters. The number of nitrogens with zero attached hydrogens (tertiary/aromatic N) is 1. The van der Waals surface area contributed by atoms with Gasteiger partial charge in [-0.15, -0.1) is 0 Å². The number of rotatable bonds is 5. The summed E-state index contributed by atoms with van der Waals surface area (Å²) in [6.45, 7) is 11.5. The molecule has 0 aliphatic heterocycles. The summed E-state index contributed by atoms with van der Waals surface area (Å²) in [7, 11) is 1.77. The van der Waals surface area contributed by atoms with E-state index in [1.807, 2.05) is 20.8 Å². The summed E-state index contributed by atoms with van der Waals surface area (Å²) in [5.41, 5.74) is -0.415. The highest BCUT2D eigenvalue weighted by atomic mass is 16.6. The largest absolute Gasteiger partial charge is 0.444 e. The molecule has 0 aromatic carbocycles. The third-order valence-electron chi connectivity index (χ3n) is 1.93. The predicted octanol–water partition coefficient (Wildman–Crippen LogP) is 2.24. The number of nitrogens with one attached hydrogen (secondary N) is 1. The lowest BCUT2D eigenvalue weighted by Gasteiger charge is -2.24. The van der Waals surface area contributed by atoms with Gasteiger partial charge in [-0.3, -0.25) is 0 Å². The molecule has 0 aromatic rings. The molecule has 0 saturated heterocycles. The van der Waals surface area contributed by atoms with Crippen molar-refractivity contribution < 1.29 is 9.53 Å². The maximum absolute atomic E-state index is 11.6. The molecule has 0 bridgehead atoms. The molecule has 0 fully saturated rings. The molecule has 0 spiro atoms. The van der Waals surface area contributed by atoms with Gasteiger partial charge in [0.2, 0.25) is 0 Å². The fourth-order valence-corrected chi connectivity index (χ4v) is 1.14. The van der Waals surface area contributed by atoms with Gasteiger partial charge in [-0.05, 0) is 33.7 Å². The number of carbonyl (C=O) groups excluding carboxylic acids is 1. The molecule has 4 heteroatoms. The van der Waals surface area contributed by atoms with Gasteiger partial charge in [0.25, 0.3) is 0 Å². The van der Waals surface area contributed by atoms with Crippen LogP contribution in [0.25, 0.3) is 0 Å². The highest BCUT2D eigenvalue weighted by Crippen LogP contribution is 2.08. The summed E-state index contributed by atoms with van der Waals surface area (Å²) in [4.78, 5) is 13.2. The summed E-state index contributed by atoms with van der Waals surface area (Å²) in [5, 5.41) is 3.31. The standard InChI is InChI=1S/C12H26N2O2/c1-10(2)13-8-7-9-14(6)11(15)16-12(3,4)5/h10,13H,7-9H2,1-6H3. The second-order valence-corrected chi connectivity index (χ2v) is 5.36. The minimum atomic E-state index is -0.415. The topological polar surface area (TPSA) is 41.6 Å². The van der Waals surface area contributed by atoms with E-state index in [4.69, 9.17) is 4.74 Å². The van der Waals surface area contributed by atoms with Crippen molar-refractivity contribution >= 4 is 6.09 Å². The summed E-state index contributed by atoms with van der Waals surface area (Å²) in [5.74, 6) is 0. The third-order valence-corrected chi connectivity index (χ3v) is 1.93. The van der Waals surface area contributed by atoms with Crippen LogP contribution in [0, 0.1) is 0 Å². The molecule has 0 rings (SSSR count). The molecule has 0 radical (unpaired) electrons.